The minimum Gasteiger partial charge on any atom is -0.463 e. The number of carbonyl (C=O) groups excluding carboxylic acids is 2. The number of amides is 1. The second-order valence-corrected chi connectivity index (χ2v) is 10.5. The summed E-state index contributed by atoms with van der Waals surface area (Å²) in [6, 6.07) is 26.0. The molecule has 0 radical (unpaired) electrons. The van der Waals surface area contributed by atoms with Gasteiger partial charge in [-0.25, -0.2) is 4.79 Å². The molecular formula is C29H23BrClN3O3S. The number of nitrogens with zero attached hydrogens (tertiary/aromatic N) is 1. The van der Waals surface area contributed by atoms with Crippen LogP contribution in [0.1, 0.15) is 24.0 Å². The van der Waals surface area contributed by atoms with Crippen LogP contribution in [-0.4, -0.2) is 24.2 Å². The number of hydrogen-bond donors (Lipinski definition) is 2. The van der Waals surface area contributed by atoms with Crippen LogP contribution >= 0.6 is 39.3 Å². The summed E-state index contributed by atoms with van der Waals surface area (Å²) in [5.74, 6) is -1.54. The molecule has 0 saturated carbocycles. The van der Waals surface area contributed by atoms with Crippen molar-refractivity contribution in [3.8, 4) is 6.07 Å². The zero-order valence-corrected chi connectivity index (χ0v) is 23.5. The van der Waals surface area contributed by atoms with Gasteiger partial charge in [0.05, 0.1) is 46.2 Å². The molecule has 4 rings (SSSR count). The fourth-order valence-corrected chi connectivity index (χ4v) is 5.40. The molecule has 1 heterocycles. The predicted molar refractivity (Wildman–Crippen MR) is 155 cm³/mol. The number of nitriles is 1. The zero-order valence-electron chi connectivity index (χ0n) is 20.3. The highest BCUT2D eigenvalue weighted by Crippen LogP contribution is 2.45. The average Bonchev–Trinajstić information content (AvgIpc) is 2.93. The summed E-state index contributed by atoms with van der Waals surface area (Å²) >= 11 is 11.2. The smallest absolute Gasteiger partial charge is 0.337 e. The molecule has 2 N–H and O–H groups in total. The van der Waals surface area contributed by atoms with Crippen LogP contribution in [0, 0.1) is 11.3 Å². The number of allylic oxidation sites excluding steroid dienone is 1. The lowest BCUT2D eigenvalue weighted by Crippen LogP contribution is -2.30. The molecule has 0 fully saturated rings. The van der Waals surface area contributed by atoms with Crippen LogP contribution in [0.5, 0.6) is 0 Å². The third-order valence-corrected chi connectivity index (χ3v) is 7.59. The van der Waals surface area contributed by atoms with Crippen molar-refractivity contribution in [2.24, 2.45) is 0 Å². The molecule has 1 amide bonds. The van der Waals surface area contributed by atoms with E-state index in [9.17, 15) is 14.9 Å². The number of dihydropyridines is 1. The predicted octanol–water partition coefficient (Wildman–Crippen LogP) is 6.87. The van der Waals surface area contributed by atoms with Crippen molar-refractivity contribution < 1.29 is 14.3 Å². The van der Waals surface area contributed by atoms with Gasteiger partial charge >= 0.3 is 5.97 Å². The number of anilines is 1. The van der Waals surface area contributed by atoms with Gasteiger partial charge in [-0.15, -0.1) is 0 Å². The number of thioether (sulfide) groups is 1. The van der Waals surface area contributed by atoms with Crippen LogP contribution < -0.4 is 10.6 Å². The maximum absolute atomic E-state index is 13.4. The molecule has 0 bridgehead atoms. The van der Waals surface area contributed by atoms with E-state index in [1.165, 1.54) is 11.8 Å². The Kier molecular flexibility index (Phi) is 9.29. The zero-order chi connectivity index (χ0) is 27.1. The number of nitrogens with one attached hydrogen (secondary N) is 2. The maximum atomic E-state index is 13.4. The fraction of sp³-hybridized carbons (Fsp3) is 0.138. The van der Waals surface area contributed by atoms with Crippen LogP contribution in [0.15, 0.2) is 99.5 Å². The second-order valence-electron chi connectivity index (χ2n) is 8.15. The molecule has 0 spiro atoms. The largest absolute Gasteiger partial charge is 0.463 e. The lowest BCUT2D eigenvalue weighted by Gasteiger charge is -2.31. The van der Waals surface area contributed by atoms with Gasteiger partial charge in [-0.1, -0.05) is 87.8 Å². The van der Waals surface area contributed by atoms with E-state index in [2.05, 4.69) is 32.6 Å². The average molecular weight is 609 g/mol. The third kappa shape index (κ3) is 6.30. The van der Waals surface area contributed by atoms with E-state index in [0.29, 0.717) is 27.0 Å². The Labute approximate surface area is 238 Å². The Hall–Kier alpha value is -3.51. The molecule has 1 aliphatic rings. The van der Waals surface area contributed by atoms with E-state index < -0.39 is 11.9 Å². The number of carbonyl (C=O) groups is 2. The molecule has 192 valence electrons. The SMILES string of the molecule is CCOC(=O)C1=C(c2ccccc2)NC(SCC(=O)Nc2ccc(Br)cc2)=C(C#N)[C@@H]1c1ccccc1Cl. The van der Waals surface area contributed by atoms with E-state index >= 15 is 0 Å². The standard InChI is InChI=1S/C29H23BrClN3O3S/c1-2-37-29(36)26-25(21-10-6-7-11-23(21)31)22(16-32)28(34-27(26)18-8-4-3-5-9-18)38-17-24(35)33-20-14-12-19(30)13-15-20/h3-15,25,34H,2,17H2,1H3,(H,33,35)/t25-/m0/s1. The van der Waals surface area contributed by atoms with E-state index in [-0.39, 0.29) is 29.4 Å². The Bertz CT molecular complexity index is 1450. The van der Waals surface area contributed by atoms with Crippen molar-refractivity contribution in [2.75, 3.05) is 17.7 Å². The molecule has 38 heavy (non-hydrogen) atoms. The molecule has 3 aromatic rings. The van der Waals surface area contributed by atoms with E-state index in [1.807, 2.05) is 48.5 Å². The number of halogens is 2. The monoisotopic (exact) mass is 607 g/mol. The number of hydrogen-bond acceptors (Lipinski definition) is 6. The van der Waals surface area contributed by atoms with Crippen molar-refractivity contribution in [2.45, 2.75) is 12.8 Å². The molecule has 6 nitrogen and oxygen atoms in total. The molecule has 0 aliphatic carbocycles. The summed E-state index contributed by atoms with van der Waals surface area (Å²) in [4.78, 5) is 26.1. The van der Waals surface area contributed by atoms with Gasteiger partial charge in [0.2, 0.25) is 5.91 Å². The third-order valence-electron chi connectivity index (χ3n) is 5.70. The molecule has 9 heteroatoms. The summed E-state index contributed by atoms with van der Waals surface area (Å²) < 4.78 is 6.35. The van der Waals surface area contributed by atoms with Crippen molar-refractivity contribution in [3.63, 3.8) is 0 Å². The molecular weight excluding hydrogens is 586 g/mol. The van der Waals surface area contributed by atoms with Crippen LogP contribution in [0.2, 0.25) is 5.02 Å². The Morgan fingerprint density at radius 3 is 2.42 bits per heavy atom. The molecule has 1 aliphatic heterocycles. The van der Waals surface area contributed by atoms with Crippen LogP contribution in [0.3, 0.4) is 0 Å². The number of ether oxygens (including phenoxy) is 1. The van der Waals surface area contributed by atoms with Gasteiger partial charge in [0.1, 0.15) is 0 Å². The minimum absolute atomic E-state index is 0.0373. The second kappa shape index (κ2) is 12.8. The van der Waals surface area contributed by atoms with Gasteiger partial charge in [-0.05, 0) is 48.4 Å². The summed E-state index contributed by atoms with van der Waals surface area (Å²) in [5, 5.41) is 17.3. The molecule has 0 saturated heterocycles. The van der Waals surface area contributed by atoms with Gasteiger partial charge in [-0.3, -0.25) is 4.79 Å². The normalized spacial score (nSPS) is 14.9. The van der Waals surface area contributed by atoms with Gasteiger partial charge in [0.25, 0.3) is 0 Å². The quantitative estimate of drug-likeness (QED) is 0.271. The van der Waals surface area contributed by atoms with Crippen molar-refractivity contribution in [1.82, 2.24) is 5.32 Å². The van der Waals surface area contributed by atoms with Crippen molar-refractivity contribution in [1.29, 1.82) is 5.26 Å². The minimum atomic E-state index is -0.791. The number of benzene rings is 3. The van der Waals surface area contributed by atoms with Crippen LogP contribution in [-0.2, 0) is 14.3 Å². The van der Waals surface area contributed by atoms with E-state index in [1.54, 1.807) is 37.3 Å². The molecule has 1 atom stereocenters. The van der Waals surface area contributed by atoms with Crippen molar-refractivity contribution >= 4 is 62.6 Å². The summed E-state index contributed by atoms with van der Waals surface area (Å²) in [5.41, 5.74) is 3.06. The van der Waals surface area contributed by atoms with Gasteiger partial charge in [-0.2, -0.15) is 5.26 Å². The van der Waals surface area contributed by atoms with Gasteiger partial charge < -0.3 is 15.4 Å². The fourth-order valence-electron chi connectivity index (χ4n) is 4.05. The highest BCUT2D eigenvalue weighted by atomic mass is 79.9. The first-order valence-corrected chi connectivity index (χ1v) is 13.9. The first-order chi connectivity index (χ1) is 18.4. The molecule has 0 aromatic heterocycles. The summed E-state index contributed by atoms with van der Waals surface area (Å²) in [6.45, 7) is 1.90. The summed E-state index contributed by atoms with van der Waals surface area (Å²) in [6.07, 6.45) is 0. The Balaban J connectivity index is 1.76. The number of esters is 1. The van der Waals surface area contributed by atoms with Gasteiger partial charge in [0.15, 0.2) is 0 Å². The highest BCUT2D eigenvalue weighted by Gasteiger charge is 2.38. The van der Waals surface area contributed by atoms with Gasteiger partial charge in [0, 0.05) is 15.2 Å². The maximum Gasteiger partial charge on any atom is 0.337 e. The molecule has 0 unspecified atom stereocenters. The lowest BCUT2D eigenvalue weighted by molar-refractivity contribution is -0.138. The van der Waals surface area contributed by atoms with Crippen molar-refractivity contribution in [3.05, 3.63) is 116 Å². The van der Waals surface area contributed by atoms with E-state index in [0.717, 1.165) is 10.0 Å². The van der Waals surface area contributed by atoms with Crippen LogP contribution in [0.25, 0.3) is 5.70 Å². The van der Waals surface area contributed by atoms with E-state index in [4.69, 9.17) is 16.3 Å². The topological polar surface area (TPSA) is 91.2 Å². The molecule has 3 aromatic carbocycles. The first-order valence-electron chi connectivity index (χ1n) is 11.7. The Morgan fingerprint density at radius 2 is 1.76 bits per heavy atom. The van der Waals surface area contributed by atoms with Crippen LogP contribution in [0.4, 0.5) is 5.69 Å². The summed E-state index contributed by atoms with van der Waals surface area (Å²) in [7, 11) is 0. The highest BCUT2D eigenvalue weighted by molar-refractivity contribution is 9.10. The number of rotatable bonds is 8. The lowest BCUT2D eigenvalue weighted by atomic mass is 9.81. The first kappa shape index (κ1) is 27.5. The Morgan fingerprint density at radius 1 is 1.08 bits per heavy atom.